The minimum Gasteiger partial charge on any atom is -0.497 e. The van der Waals surface area contributed by atoms with Crippen molar-refractivity contribution >= 4 is 11.5 Å². The number of rotatable bonds is 7. The predicted octanol–water partition coefficient (Wildman–Crippen LogP) is 5.50. The Bertz CT molecular complexity index is 1080. The van der Waals surface area contributed by atoms with Crippen LogP contribution in [-0.4, -0.2) is 28.3 Å². The van der Waals surface area contributed by atoms with Crippen LogP contribution in [0.25, 0.3) is 16.8 Å². The lowest BCUT2D eigenvalue weighted by molar-refractivity contribution is 0.292. The number of ether oxygens (including phenoxy) is 1. The van der Waals surface area contributed by atoms with Crippen LogP contribution < -0.4 is 10.1 Å². The van der Waals surface area contributed by atoms with Gasteiger partial charge in [-0.3, -0.25) is 0 Å². The van der Waals surface area contributed by atoms with E-state index in [-0.39, 0.29) is 0 Å². The first kappa shape index (κ1) is 19.4. The summed E-state index contributed by atoms with van der Waals surface area (Å²) in [5.41, 5.74) is 8.12. The monoisotopic (exact) mass is 404 g/mol. The summed E-state index contributed by atoms with van der Waals surface area (Å²) in [6.45, 7) is 5.24. The Balaban J connectivity index is 1.53. The van der Waals surface area contributed by atoms with Gasteiger partial charge < -0.3 is 10.1 Å². The minimum atomic E-state index is 0.882. The van der Waals surface area contributed by atoms with Gasteiger partial charge in [0.2, 0.25) is 0 Å². The standard InChI is InChI=1S/C25H32N4O/c1-16-15-19(30-3)12-13-20(16)23-17(2)28-29-24(26-14-6-9-18-7-4-8-18)21-10-5-11-22(21)27-25(23)29/h12-13,15,18,26H,4-11,14H2,1-3H3. The second kappa shape index (κ2) is 7.93. The molecule has 1 fully saturated rings. The Labute approximate surface area is 178 Å². The predicted molar refractivity (Wildman–Crippen MR) is 122 cm³/mol. The molecule has 2 aliphatic carbocycles. The van der Waals surface area contributed by atoms with E-state index in [0.717, 1.165) is 48.0 Å². The number of hydrogen-bond donors (Lipinski definition) is 1. The van der Waals surface area contributed by atoms with Gasteiger partial charge in [-0.05, 0) is 75.1 Å². The molecular weight excluding hydrogens is 372 g/mol. The Morgan fingerprint density at radius 2 is 2.03 bits per heavy atom. The summed E-state index contributed by atoms with van der Waals surface area (Å²) >= 11 is 0. The van der Waals surface area contributed by atoms with Crippen molar-refractivity contribution in [2.24, 2.45) is 5.92 Å². The third-order valence-corrected chi connectivity index (χ3v) is 6.97. The number of benzene rings is 1. The van der Waals surface area contributed by atoms with Crippen molar-refractivity contribution in [3.63, 3.8) is 0 Å². The molecule has 0 spiro atoms. The third kappa shape index (κ3) is 3.34. The van der Waals surface area contributed by atoms with Crippen molar-refractivity contribution in [3.8, 4) is 16.9 Å². The average molecular weight is 405 g/mol. The summed E-state index contributed by atoms with van der Waals surface area (Å²) < 4.78 is 7.47. The molecule has 158 valence electrons. The number of methoxy groups -OCH3 is 1. The van der Waals surface area contributed by atoms with Crippen molar-refractivity contribution in [3.05, 3.63) is 40.7 Å². The number of hydrogen-bond acceptors (Lipinski definition) is 4. The lowest BCUT2D eigenvalue weighted by Crippen LogP contribution is -2.15. The molecule has 0 aliphatic heterocycles. The van der Waals surface area contributed by atoms with Gasteiger partial charge >= 0.3 is 0 Å². The summed E-state index contributed by atoms with van der Waals surface area (Å²) in [6.07, 6.45) is 10.2. The van der Waals surface area contributed by atoms with Gasteiger partial charge in [-0.15, -0.1) is 0 Å². The number of aryl methyl sites for hydroxylation is 3. The zero-order chi connectivity index (χ0) is 20.7. The molecule has 2 aromatic heterocycles. The Morgan fingerprint density at radius 1 is 1.17 bits per heavy atom. The molecule has 0 atom stereocenters. The van der Waals surface area contributed by atoms with E-state index in [1.165, 1.54) is 66.7 Å². The van der Waals surface area contributed by atoms with Crippen LogP contribution in [0.2, 0.25) is 0 Å². The molecule has 0 unspecified atom stereocenters. The van der Waals surface area contributed by atoms with Crippen molar-refractivity contribution in [1.29, 1.82) is 0 Å². The highest BCUT2D eigenvalue weighted by Crippen LogP contribution is 2.36. The van der Waals surface area contributed by atoms with Crippen LogP contribution in [0.4, 0.5) is 5.82 Å². The Hall–Kier alpha value is -2.56. The summed E-state index contributed by atoms with van der Waals surface area (Å²) in [5, 5.41) is 8.71. The molecule has 0 radical (unpaired) electrons. The molecule has 2 aliphatic rings. The smallest absolute Gasteiger partial charge is 0.165 e. The molecule has 5 rings (SSSR count). The molecular formula is C25H32N4O. The maximum atomic E-state index is 5.40. The summed E-state index contributed by atoms with van der Waals surface area (Å²) in [5.74, 6) is 3.02. The fourth-order valence-electron chi connectivity index (χ4n) is 5.06. The van der Waals surface area contributed by atoms with Gasteiger partial charge in [0.25, 0.3) is 0 Å². The highest BCUT2D eigenvalue weighted by atomic mass is 16.5. The van der Waals surface area contributed by atoms with Crippen LogP contribution in [-0.2, 0) is 12.8 Å². The molecule has 0 bridgehead atoms. The van der Waals surface area contributed by atoms with Crippen LogP contribution in [0.5, 0.6) is 5.75 Å². The summed E-state index contributed by atoms with van der Waals surface area (Å²) in [4.78, 5) is 5.11. The molecule has 30 heavy (non-hydrogen) atoms. The molecule has 0 saturated heterocycles. The van der Waals surface area contributed by atoms with Crippen LogP contribution in [0.3, 0.4) is 0 Å². The van der Waals surface area contributed by atoms with Crippen LogP contribution in [0.1, 0.15) is 61.0 Å². The third-order valence-electron chi connectivity index (χ3n) is 6.97. The quantitative estimate of drug-likeness (QED) is 0.528. The van der Waals surface area contributed by atoms with Gasteiger partial charge in [0.15, 0.2) is 5.65 Å². The van der Waals surface area contributed by atoms with Crippen molar-refractivity contribution < 1.29 is 4.74 Å². The first-order chi connectivity index (χ1) is 14.7. The lowest BCUT2D eigenvalue weighted by Gasteiger charge is -2.25. The highest BCUT2D eigenvalue weighted by Gasteiger charge is 2.25. The van der Waals surface area contributed by atoms with E-state index in [9.17, 15) is 0 Å². The minimum absolute atomic E-state index is 0.882. The fourth-order valence-corrected chi connectivity index (χ4v) is 5.06. The average Bonchev–Trinajstić information content (AvgIpc) is 3.29. The maximum Gasteiger partial charge on any atom is 0.165 e. The number of nitrogens with zero attached hydrogens (tertiary/aromatic N) is 3. The normalized spacial score (nSPS) is 16.0. The van der Waals surface area contributed by atoms with E-state index in [1.807, 2.05) is 6.07 Å². The van der Waals surface area contributed by atoms with Gasteiger partial charge in [-0.1, -0.05) is 25.3 Å². The van der Waals surface area contributed by atoms with Gasteiger partial charge in [-0.25, -0.2) is 4.98 Å². The first-order valence-electron chi connectivity index (χ1n) is 11.5. The largest absolute Gasteiger partial charge is 0.497 e. The van der Waals surface area contributed by atoms with E-state index in [4.69, 9.17) is 14.8 Å². The Kier molecular flexibility index (Phi) is 5.13. The lowest BCUT2D eigenvalue weighted by atomic mass is 9.82. The van der Waals surface area contributed by atoms with E-state index < -0.39 is 0 Å². The molecule has 1 aromatic carbocycles. The number of aromatic nitrogens is 3. The van der Waals surface area contributed by atoms with Crippen LogP contribution in [0, 0.1) is 19.8 Å². The fraction of sp³-hybridized carbons (Fsp3) is 0.520. The van der Waals surface area contributed by atoms with Gasteiger partial charge in [0.1, 0.15) is 11.6 Å². The van der Waals surface area contributed by atoms with Crippen molar-refractivity contribution in [2.45, 2.75) is 65.2 Å². The topological polar surface area (TPSA) is 51.5 Å². The van der Waals surface area contributed by atoms with E-state index in [0.29, 0.717) is 0 Å². The van der Waals surface area contributed by atoms with Crippen molar-refractivity contribution in [2.75, 3.05) is 19.0 Å². The second-order valence-corrected chi connectivity index (χ2v) is 8.98. The van der Waals surface area contributed by atoms with Gasteiger partial charge in [0.05, 0.1) is 12.8 Å². The summed E-state index contributed by atoms with van der Waals surface area (Å²) in [6, 6.07) is 6.25. The molecule has 0 amide bonds. The first-order valence-corrected chi connectivity index (χ1v) is 11.5. The van der Waals surface area contributed by atoms with Gasteiger partial charge in [0, 0.05) is 23.4 Å². The Morgan fingerprint density at radius 3 is 2.77 bits per heavy atom. The zero-order valence-electron chi connectivity index (χ0n) is 18.4. The van der Waals surface area contributed by atoms with E-state index in [1.54, 1.807) is 7.11 Å². The molecule has 5 heteroatoms. The molecule has 1 saturated carbocycles. The van der Waals surface area contributed by atoms with Gasteiger partial charge in [-0.2, -0.15) is 9.61 Å². The molecule has 2 heterocycles. The van der Waals surface area contributed by atoms with E-state index >= 15 is 0 Å². The molecule has 3 aromatic rings. The number of anilines is 1. The van der Waals surface area contributed by atoms with Crippen molar-refractivity contribution in [1.82, 2.24) is 14.6 Å². The summed E-state index contributed by atoms with van der Waals surface area (Å²) in [7, 11) is 1.71. The SMILES string of the molecule is COc1ccc(-c2c(C)nn3c(NCCCC4CCC4)c4c(nc23)CCC4)c(C)c1. The second-order valence-electron chi connectivity index (χ2n) is 8.98. The molecule has 5 nitrogen and oxygen atoms in total. The highest BCUT2D eigenvalue weighted by molar-refractivity contribution is 5.83. The number of nitrogens with one attached hydrogen (secondary N) is 1. The van der Waals surface area contributed by atoms with E-state index in [2.05, 4.69) is 35.8 Å². The molecule has 1 N–H and O–H groups in total. The van der Waals surface area contributed by atoms with Crippen LogP contribution >= 0.6 is 0 Å². The number of fused-ring (bicyclic) bond motifs is 2. The van der Waals surface area contributed by atoms with Crippen LogP contribution in [0.15, 0.2) is 18.2 Å². The zero-order valence-corrected chi connectivity index (χ0v) is 18.4. The maximum absolute atomic E-state index is 5.40.